The van der Waals surface area contributed by atoms with Gasteiger partial charge in [0.2, 0.25) is 0 Å². The van der Waals surface area contributed by atoms with E-state index in [9.17, 15) is 12.8 Å². The lowest BCUT2D eigenvalue weighted by molar-refractivity contribution is 0.600. The fraction of sp³-hybridized carbons (Fsp3) is 0.125. The average Bonchev–Trinajstić information content (AvgIpc) is 2.94. The molecular formula is C16H15FN4O2S. The molecule has 0 aliphatic rings. The first-order chi connectivity index (χ1) is 11.4. The van der Waals surface area contributed by atoms with E-state index in [-0.39, 0.29) is 23.2 Å². The summed E-state index contributed by atoms with van der Waals surface area (Å²) in [5, 5.41) is 4.06. The zero-order valence-electron chi connectivity index (χ0n) is 12.8. The fourth-order valence-electron chi connectivity index (χ4n) is 2.14. The van der Waals surface area contributed by atoms with Crippen LogP contribution < -0.4 is 4.72 Å². The summed E-state index contributed by atoms with van der Waals surface area (Å²) in [5.74, 6) is -0.375. The first-order valence-electron chi connectivity index (χ1n) is 7.16. The number of halogens is 1. The predicted octanol–water partition coefficient (Wildman–Crippen LogP) is 2.57. The summed E-state index contributed by atoms with van der Waals surface area (Å²) in [7, 11) is -3.74. The number of rotatable bonds is 5. The van der Waals surface area contributed by atoms with Gasteiger partial charge in [0.05, 0.1) is 11.4 Å². The molecule has 1 aromatic heterocycles. The summed E-state index contributed by atoms with van der Waals surface area (Å²) in [5.41, 5.74) is 1.67. The highest BCUT2D eigenvalue weighted by atomic mass is 32.2. The first kappa shape index (κ1) is 16.1. The maximum absolute atomic E-state index is 13.2. The van der Waals surface area contributed by atoms with Crippen LogP contribution in [-0.4, -0.2) is 23.2 Å². The number of hydrogen-bond donors (Lipinski definition) is 1. The van der Waals surface area contributed by atoms with E-state index in [1.807, 2.05) is 6.92 Å². The van der Waals surface area contributed by atoms with E-state index >= 15 is 0 Å². The molecule has 1 heterocycles. The molecule has 0 atom stereocenters. The molecule has 3 rings (SSSR count). The zero-order valence-corrected chi connectivity index (χ0v) is 13.7. The van der Waals surface area contributed by atoms with Crippen LogP contribution in [-0.2, 0) is 16.6 Å². The lowest BCUT2D eigenvalue weighted by Crippen LogP contribution is -2.14. The minimum atomic E-state index is -3.74. The van der Waals surface area contributed by atoms with Crippen molar-refractivity contribution in [1.82, 2.24) is 14.8 Å². The van der Waals surface area contributed by atoms with Gasteiger partial charge in [-0.05, 0) is 36.8 Å². The molecule has 0 radical (unpaired) electrons. The third-order valence-electron chi connectivity index (χ3n) is 3.33. The fourth-order valence-corrected chi connectivity index (χ4v) is 3.08. The van der Waals surface area contributed by atoms with Gasteiger partial charge in [-0.1, -0.05) is 29.8 Å². The monoisotopic (exact) mass is 346 g/mol. The van der Waals surface area contributed by atoms with Gasteiger partial charge in [0, 0.05) is 0 Å². The number of aromatic nitrogens is 3. The zero-order chi connectivity index (χ0) is 17.2. The van der Waals surface area contributed by atoms with Crippen molar-refractivity contribution in [1.29, 1.82) is 0 Å². The second-order valence-corrected chi connectivity index (χ2v) is 7.00. The van der Waals surface area contributed by atoms with Gasteiger partial charge in [0.25, 0.3) is 16.0 Å². The van der Waals surface area contributed by atoms with E-state index in [4.69, 9.17) is 0 Å². The van der Waals surface area contributed by atoms with E-state index in [0.29, 0.717) is 5.56 Å². The minimum Gasteiger partial charge on any atom is -0.246 e. The third-order valence-corrected chi connectivity index (χ3v) is 4.67. The van der Waals surface area contributed by atoms with Crippen LogP contribution in [0, 0.1) is 12.7 Å². The number of nitrogens with zero attached hydrogens (tertiary/aromatic N) is 3. The van der Waals surface area contributed by atoms with E-state index in [1.54, 1.807) is 24.3 Å². The molecule has 0 bridgehead atoms. The average molecular weight is 346 g/mol. The quantitative estimate of drug-likeness (QED) is 0.770. The Balaban J connectivity index is 1.75. The Morgan fingerprint density at radius 3 is 2.62 bits per heavy atom. The molecule has 0 unspecified atom stereocenters. The van der Waals surface area contributed by atoms with Crippen molar-refractivity contribution >= 4 is 16.0 Å². The highest BCUT2D eigenvalue weighted by Crippen LogP contribution is 2.14. The van der Waals surface area contributed by atoms with Crippen LogP contribution in [0.5, 0.6) is 0 Å². The van der Waals surface area contributed by atoms with Crippen LogP contribution >= 0.6 is 0 Å². The smallest absolute Gasteiger partial charge is 0.246 e. The topological polar surface area (TPSA) is 76.9 Å². The number of anilines is 1. The van der Waals surface area contributed by atoms with Crippen LogP contribution in [0.1, 0.15) is 11.1 Å². The van der Waals surface area contributed by atoms with Gasteiger partial charge in [-0.2, -0.15) is 4.98 Å². The van der Waals surface area contributed by atoms with Gasteiger partial charge in [0.15, 0.2) is 0 Å². The van der Waals surface area contributed by atoms with Gasteiger partial charge in [-0.15, -0.1) is 5.10 Å². The van der Waals surface area contributed by atoms with Crippen molar-refractivity contribution < 1.29 is 12.8 Å². The minimum absolute atomic E-state index is 0.0352. The predicted molar refractivity (Wildman–Crippen MR) is 87.5 cm³/mol. The van der Waals surface area contributed by atoms with Crippen LogP contribution in [0.25, 0.3) is 0 Å². The normalized spacial score (nSPS) is 11.4. The molecule has 0 aliphatic heterocycles. The van der Waals surface area contributed by atoms with Crippen molar-refractivity contribution in [3.63, 3.8) is 0 Å². The van der Waals surface area contributed by atoms with Crippen molar-refractivity contribution in [2.24, 2.45) is 0 Å². The highest BCUT2D eigenvalue weighted by Gasteiger charge is 2.16. The molecule has 0 spiro atoms. The van der Waals surface area contributed by atoms with Crippen molar-refractivity contribution in [3.05, 3.63) is 71.8 Å². The molecular weight excluding hydrogens is 331 g/mol. The number of benzene rings is 2. The summed E-state index contributed by atoms with van der Waals surface area (Å²) >= 11 is 0. The Morgan fingerprint density at radius 2 is 1.92 bits per heavy atom. The van der Waals surface area contributed by atoms with Crippen LogP contribution in [0.4, 0.5) is 10.3 Å². The molecule has 2 aromatic carbocycles. The van der Waals surface area contributed by atoms with E-state index in [2.05, 4.69) is 14.8 Å². The SMILES string of the molecule is Cc1ccc(S(=O)(=O)Nc2ncn(Cc3cccc(F)c3)n2)cc1. The summed E-state index contributed by atoms with van der Waals surface area (Å²) in [4.78, 5) is 4.06. The molecule has 6 nitrogen and oxygen atoms in total. The molecule has 0 saturated heterocycles. The Morgan fingerprint density at radius 1 is 1.17 bits per heavy atom. The molecule has 1 N–H and O–H groups in total. The van der Waals surface area contributed by atoms with Gasteiger partial charge in [-0.25, -0.2) is 22.2 Å². The Bertz CT molecular complexity index is 952. The highest BCUT2D eigenvalue weighted by molar-refractivity contribution is 7.92. The molecule has 0 saturated carbocycles. The van der Waals surface area contributed by atoms with Gasteiger partial charge in [0.1, 0.15) is 12.1 Å². The van der Waals surface area contributed by atoms with E-state index in [1.165, 1.54) is 35.3 Å². The van der Waals surface area contributed by atoms with Crippen LogP contribution in [0.3, 0.4) is 0 Å². The van der Waals surface area contributed by atoms with Crippen molar-refractivity contribution in [2.75, 3.05) is 4.72 Å². The lowest BCUT2D eigenvalue weighted by Gasteiger charge is -2.05. The summed E-state index contributed by atoms with van der Waals surface area (Å²) in [6.45, 7) is 2.16. The molecule has 24 heavy (non-hydrogen) atoms. The van der Waals surface area contributed by atoms with Gasteiger partial charge in [-0.3, -0.25) is 0 Å². The van der Waals surface area contributed by atoms with Gasteiger partial charge < -0.3 is 0 Å². The summed E-state index contributed by atoms with van der Waals surface area (Å²) in [6, 6.07) is 12.5. The molecule has 124 valence electrons. The largest absolute Gasteiger partial charge is 0.264 e. The van der Waals surface area contributed by atoms with Gasteiger partial charge >= 0.3 is 0 Å². The second-order valence-electron chi connectivity index (χ2n) is 5.31. The molecule has 0 fully saturated rings. The van der Waals surface area contributed by atoms with Crippen molar-refractivity contribution in [2.45, 2.75) is 18.4 Å². The van der Waals surface area contributed by atoms with E-state index < -0.39 is 10.0 Å². The number of aryl methyl sites for hydroxylation is 1. The Labute approximate surface area is 139 Å². The summed E-state index contributed by atoms with van der Waals surface area (Å²) < 4.78 is 41.5. The van der Waals surface area contributed by atoms with Crippen molar-refractivity contribution in [3.8, 4) is 0 Å². The Kier molecular flexibility index (Phi) is 4.30. The standard InChI is InChI=1S/C16H15FN4O2S/c1-12-5-7-15(8-6-12)24(22,23)20-16-18-11-21(19-16)10-13-3-2-4-14(17)9-13/h2-9,11H,10H2,1H3,(H,19,20). The summed E-state index contributed by atoms with van der Waals surface area (Å²) in [6.07, 6.45) is 1.39. The molecule has 0 aliphatic carbocycles. The molecule has 0 amide bonds. The lowest BCUT2D eigenvalue weighted by atomic mass is 10.2. The number of sulfonamides is 1. The number of hydrogen-bond acceptors (Lipinski definition) is 4. The Hall–Kier alpha value is -2.74. The second kappa shape index (κ2) is 6.40. The first-order valence-corrected chi connectivity index (χ1v) is 8.64. The third kappa shape index (κ3) is 3.77. The molecule has 3 aromatic rings. The molecule has 8 heteroatoms. The number of nitrogens with one attached hydrogen (secondary N) is 1. The maximum Gasteiger partial charge on any atom is 0.264 e. The van der Waals surface area contributed by atoms with E-state index in [0.717, 1.165) is 5.56 Å². The maximum atomic E-state index is 13.2. The van der Waals surface area contributed by atoms with Crippen LogP contribution in [0.2, 0.25) is 0 Å². The van der Waals surface area contributed by atoms with Crippen LogP contribution in [0.15, 0.2) is 59.8 Å².